The molecule has 0 radical (unpaired) electrons. The van der Waals surface area contributed by atoms with Gasteiger partial charge in [-0.05, 0) is 19.1 Å². The molecule has 2 rings (SSSR count). The summed E-state index contributed by atoms with van der Waals surface area (Å²) >= 11 is 0. The van der Waals surface area contributed by atoms with Gasteiger partial charge >= 0.3 is 5.97 Å². The zero-order valence-electron chi connectivity index (χ0n) is 9.40. The highest BCUT2D eigenvalue weighted by Crippen LogP contribution is 2.25. The van der Waals surface area contributed by atoms with E-state index < -0.39 is 11.5 Å². The van der Waals surface area contributed by atoms with Gasteiger partial charge in [0.25, 0.3) is 5.56 Å². The van der Waals surface area contributed by atoms with E-state index in [-0.39, 0.29) is 11.3 Å². The van der Waals surface area contributed by atoms with Crippen molar-refractivity contribution in [1.82, 2.24) is 4.98 Å². The normalized spacial score (nSPS) is 10.5. The Kier molecular flexibility index (Phi) is 2.59. The molecule has 88 valence electrons. The van der Waals surface area contributed by atoms with Crippen LogP contribution in [0.2, 0.25) is 0 Å². The van der Waals surface area contributed by atoms with Crippen LogP contribution in [0.4, 0.5) is 0 Å². The lowest BCUT2D eigenvalue weighted by Crippen LogP contribution is -2.19. The largest absolute Gasteiger partial charge is 0.506 e. The molecule has 17 heavy (non-hydrogen) atoms. The topological polar surface area (TPSA) is 79.4 Å². The fourth-order valence-electron chi connectivity index (χ4n) is 1.68. The molecule has 0 aliphatic carbocycles. The smallest absolute Gasteiger partial charge is 0.347 e. The second-order valence-electron chi connectivity index (χ2n) is 3.72. The van der Waals surface area contributed by atoms with Crippen molar-refractivity contribution in [2.75, 3.05) is 7.11 Å². The monoisotopic (exact) mass is 233 g/mol. The Morgan fingerprint density at radius 1 is 1.41 bits per heavy atom. The Hall–Kier alpha value is -2.30. The first-order chi connectivity index (χ1) is 8.04. The van der Waals surface area contributed by atoms with Crippen LogP contribution in [-0.4, -0.2) is 23.2 Å². The predicted molar refractivity (Wildman–Crippen MR) is 62.3 cm³/mol. The lowest BCUT2D eigenvalue weighted by molar-refractivity contribution is 0.0595. The highest BCUT2D eigenvalue weighted by molar-refractivity contribution is 5.99. The van der Waals surface area contributed by atoms with Crippen LogP contribution in [0.5, 0.6) is 5.75 Å². The summed E-state index contributed by atoms with van der Waals surface area (Å²) in [5.41, 5.74) is 0.359. The molecule has 2 N–H and O–H groups in total. The number of aromatic amines is 1. The van der Waals surface area contributed by atoms with Gasteiger partial charge in [0.05, 0.1) is 12.6 Å². The van der Waals surface area contributed by atoms with Gasteiger partial charge < -0.3 is 14.8 Å². The number of hydrogen-bond acceptors (Lipinski definition) is 4. The molecule has 0 aliphatic rings. The third-order valence-corrected chi connectivity index (χ3v) is 2.53. The average molecular weight is 233 g/mol. The van der Waals surface area contributed by atoms with Crippen LogP contribution in [-0.2, 0) is 4.74 Å². The Bertz CT molecular complexity index is 657. The van der Waals surface area contributed by atoms with E-state index in [9.17, 15) is 14.7 Å². The average Bonchev–Trinajstić information content (AvgIpc) is 2.30. The van der Waals surface area contributed by atoms with Crippen LogP contribution in [0.3, 0.4) is 0 Å². The van der Waals surface area contributed by atoms with Gasteiger partial charge in [-0.1, -0.05) is 11.6 Å². The number of fused-ring (bicyclic) bond motifs is 1. The second-order valence-corrected chi connectivity index (χ2v) is 3.72. The van der Waals surface area contributed by atoms with Gasteiger partial charge in [-0.2, -0.15) is 0 Å². The highest BCUT2D eigenvalue weighted by atomic mass is 16.5. The zero-order chi connectivity index (χ0) is 12.6. The minimum Gasteiger partial charge on any atom is -0.506 e. The second kappa shape index (κ2) is 3.93. The summed E-state index contributed by atoms with van der Waals surface area (Å²) in [4.78, 5) is 25.5. The van der Waals surface area contributed by atoms with Crippen molar-refractivity contribution in [1.29, 1.82) is 0 Å². The maximum Gasteiger partial charge on any atom is 0.347 e. The van der Waals surface area contributed by atoms with Gasteiger partial charge in [-0.25, -0.2) is 4.79 Å². The Labute approximate surface area is 96.7 Å². The van der Waals surface area contributed by atoms with E-state index in [1.807, 2.05) is 6.92 Å². The van der Waals surface area contributed by atoms with E-state index in [1.165, 1.54) is 0 Å². The number of ether oxygens (including phenoxy) is 1. The summed E-state index contributed by atoms with van der Waals surface area (Å²) in [6.07, 6.45) is 0. The number of carbonyl (C=O) groups is 1. The Balaban J connectivity index is 2.87. The van der Waals surface area contributed by atoms with Crippen molar-refractivity contribution in [3.63, 3.8) is 0 Å². The molecule has 0 fully saturated rings. The van der Waals surface area contributed by atoms with Crippen LogP contribution in [0, 0.1) is 6.92 Å². The summed E-state index contributed by atoms with van der Waals surface area (Å²) in [5, 5.41) is 10.4. The van der Waals surface area contributed by atoms with Gasteiger partial charge in [0.15, 0.2) is 5.56 Å². The van der Waals surface area contributed by atoms with Crippen molar-refractivity contribution in [3.8, 4) is 5.75 Å². The number of esters is 1. The molecule has 0 spiro atoms. The van der Waals surface area contributed by atoms with Crippen molar-refractivity contribution in [2.24, 2.45) is 0 Å². The van der Waals surface area contributed by atoms with Crippen LogP contribution < -0.4 is 5.56 Å². The third-order valence-electron chi connectivity index (χ3n) is 2.53. The fraction of sp³-hybridized carbons (Fsp3) is 0.167. The maximum atomic E-state index is 11.6. The number of rotatable bonds is 1. The molecule has 5 heteroatoms. The molecular formula is C12H11NO4. The molecule has 0 unspecified atom stereocenters. The van der Waals surface area contributed by atoms with Gasteiger partial charge in [0.2, 0.25) is 0 Å². The van der Waals surface area contributed by atoms with E-state index in [4.69, 9.17) is 0 Å². The summed E-state index contributed by atoms with van der Waals surface area (Å²) in [7, 11) is 1.15. The summed E-state index contributed by atoms with van der Waals surface area (Å²) < 4.78 is 4.46. The molecule has 2 aromatic rings. The lowest BCUT2D eigenvalue weighted by atomic mass is 10.1. The van der Waals surface area contributed by atoms with Crippen molar-refractivity contribution < 1.29 is 14.6 Å². The highest BCUT2D eigenvalue weighted by Gasteiger charge is 2.19. The Morgan fingerprint density at radius 3 is 2.76 bits per heavy atom. The minimum absolute atomic E-state index is 0.348. The number of aryl methyl sites for hydroxylation is 1. The first-order valence-corrected chi connectivity index (χ1v) is 4.98. The van der Waals surface area contributed by atoms with E-state index >= 15 is 0 Å². The third kappa shape index (κ3) is 1.75. The number of aromatic nitrogens is 1. The number of pyridine rings is 1. The van der Waals surface area contributed by atoms with Crippen LogP contribution in [0.25, 0.3) is 10.9 Å². The molecule has 0 aliphatic heterocycles. The number of methoxy groups -OCH3 is 1. The summed E-state index contributed by atoms with van der Waals surface area (Å²) in [5.74, 6) is -1.20. The minimum atomic E-state index is -0.854. The van der Waals surface area contributed by atoms with Gasteiger partial charge in [0.1, 0.15) is 5.75 Å². The number of hydrogen-bond donors (Lipinski definition) is 2. The Morgan fingerprint density at radius 2 is 2.12 bits per heavy atom. The molecule has 0 bridgehead atoms. The lowest BCUT2D eigenvalue weighted by Gasteiger charge is -2.06. The first-order valence-electron chi connectivity index (χ1n) is 4.98. The zero-order valence-corrected chi connectivity index (χ0v) is 9.40. The SMILES string of the molecule is COC(=O)c1c(O)c2cc(C)ccc2[nH]c1=O. The fourth-order valence-corrected chi connectivity index (χ4v) is 1.68. The summed E-state index contributed by atoms with van der Waals surface area (Å²) in [6, 6.07) is 5.16. The van der Waals surface area contributed by atoms with Crippen LogP contribution in [0.1, 0.15) is 15.9 Å². The summed E-state index contributed by atoms with van der Waals surface area (Å²) in [6.45, 7) is 1.85. The van der Waals surface area contributed by atoms with E-state index in [0.717, 1.165) is 12.7 Å². The molecule has 1 aromatic carbocycles. The molecule has 0 saturated carbocycles. The molecule has 0 saturated heterocycles. The molecular weight excluding hydrogens is 222 g/mol. The molecule has 0 atom stereocenters. The predicted octanol–water partition coefficient (Wildman–Crippen LogP) is 1.33. The van der Waals surface area contributed by atoms with Crippen molar-refractivity contribution >= 4 is 16.9 Å². The number of H-pyrrole nitrogens is 1. The molecule has 1 aromatic heterocycles. The number of nitrogens with one attached hydrogen (secondary N) is 1. The molecule has 0 amide bonds. The van der Waals surface area contributed by atoms with Gasteiger partial charge in [-0.3, -0.25) is 4.79 Å². The quantitative estimate of drug-likeness (QED) is 0.728. The first kappa shape index (κ1) is 11.2. The number of carbonyl (C=O) groups excluding carboxylic acids is 1. The number of benzene rings is 1. The van der Waals surface area contributed by atoms with Crippen molar-refractivity contribution in [2.45, 2.75) is 6.92 Å². The van der Waals surface area contributed by atoms with E-state index in [0.29, 0.717) is 10.9 Å². The van der Waals surface area contributed by atoms with Crippen LogP contribution >= 0.6 is 0 Å². The molecule has 5 nitrogen and oxygen atoms in total. The number of aromatic hydroxyl groups is 1. The van der Waals surface area contributed by atoms with Gasteiger partial charge in [-0.15, -0.1) is 0 Å². The van der Waals surface area contributed by atoms with E-state index in [1.54, 1.807) is 18.2 Å². The van der Waals surface area contributed by atoms with Crippen LogP contribution in [0.15, 0.2) is 23.0 Å². The molecule has 1 heterocycles. The standard InChI is InChI=1S/C12H11NO4/c1-6-3-4-8-7(5-6)10(14)9(11(15)13-8)12(16)17-2/h3-5H,1-2H3,(H2,13,14,15). The van der Waals surface area contributed by atoms with Crippen molar-refractivity contribution in [3.05, 3.63) is 39.7 Å². The van der Waals surface area contributed by atoms with E-state index in [2.05, 4.69) is 9.72 Å². The van der Waals surface area contributed by atoms with Gasteiger partial charge in [0, 0.05) is 5.39 Å². The maximum absolute atomic E-state index is 11.6.